The molecule has 0 radical (unpaired) electrons. The minimum atomic E-state index is 0.0305. The Bertz CT molecular complexity index is 888. The number of aromatic nitrogens is 3. The normalized spacial score (nSPS) is 23.6. The van der Waals surface area contributed by atoms with E-state index in [9.17, 15) is 4.79 Å². The van der Waals surface area contributed by atoms with E-state index in [1.54, 1.807) is 0 Å². The lowest BCUT2D eigenvalue weighted by Crippen LogP contribution is -2.38. The number of amides is 1. The monoisotopic (exact) mass is 414 g/mol. The Morgan fingerprint density at radius 2 is 2.03 bits per heavy atom. The van der Waals surface area contributed by atoms with Crippen molar-refractivity contribution < 1.29 is 9.53 Å². The molecule has 1 aromatic heterocycles. The molecule has 2 aliphatic heterocycles. The molecule has 3 fully saturated rings. The van der Waals surface area contributed by atoms with E-state index in [-0.39, 0.29) is 17.2 Å². The molecule has 1 atom stereocenters. The Kier molecular flexibility index (Phi) is 5.08. The zero-order valence-corrected chi connectivity index (χ0v) is 17.4. The molecular formula is C22H27ClN4O2. The molecule has 2 aromatic rings. The molecular weight excluding hydrogens is 388 g/mol. The Labute approximate surface area is 176 Å². The zero-order chi connectivity index (χ0) is 19.8. The summed E-state index contributed by atoms with van der Waals surface area (Å²) in [5.41, 5.74) is 0.920. The molecule has 6 nitrogen and oxygen atoms in total. The number of benzene rings is 1. The molecule has 1 spiro atoms. The highest BCUT2D eigenvalue weighted by Crippen LogP contribution is 2.49. The fourth-order valence-electron chi connectivity index (χ4n) is 4.97. The van der Waals surface area contributed by atoms with Crippen LogP contribution >= 0.6 is 11.6 Å². The van der Waals surface area contributed by atoms with Crippen LogP contribution < -0.4 is 0 Å². The molecule has 154 valence electrons. The summed E-state index contributed by atoms with van der Waals surface area (Å²) in [5, 5.41) is 9.42. The second-order valence-electron chi connectivity index (χ2n) is 8.85. The van der Waals surface area contributed by atoms with Crippen molar-refractivity contribution in [1.82, 2.24) is 19.7 Å². The van der Waals surface area contributed by atoms with Gasteiger partial charge in [-0.25, -0.2) is 0 Å². The van der Waals surface area contributed by atoms with Crippen molar-refractivity contribution in [3.63, 3.8) is 0 Å². The lowest BCUT2D eigenvalue weighted by Gasteiger charge is -2.37. The summed E-state index contributed by atoms with van der Waals surface area (Å²) in [6.07, 6.45) is 6.73. The minimum Gasteiger partial charge on any atom is -0.381 e. The zero-order valence-electron chi connectivity index (χ0n) is 16.6. The average molecular weight is 415 g/mol. The third-order valence-corrected chi connectivity index (χ3v) is 7.27. The smallest absolute Gasteiger partial charge is 0.227 e. The Morgan fingerprint density at radius 3 is 2.79 bits per heavy atom. The summed E-state index contributed by atoms with van der Waals surface area (Å²) in [5.74, 6) is 2.16. The summed E-state index contributed by atoms with van der Waals surface area (Å²) in [6, 6.07) is 7.61. The first-order valence-corrected chi connectivity index (χ1v) is 11.0. The summed E-state index contributed by atoms with van der Waals surface area (Å²) >= 11 is 6.29. The highest BCUT2D eigenvalue weighted by Gasteiger charge is 2.51. The van der Waals surface area contributed by atoms with Gasteiger partial charge in [0.2, 0.25) is 5.91 Å². The van der Waals surface area contributed by atoms with Gasteiger partial charge in [-0.3, -0.25) is 4.79 Å². The first-order chi connectivity index (χ1) is 14.1. The van der Waals surface area contributed by atoms with Crippen molar-refractivity contribution in [3.8, 4) is 0 Å². The van der Waals surface area contributed by atoms with Gasteiger partial charge in [0.25, 0.3) is 0 Å². The van der Waals surface area contributed by atoms with Crippen LogP contribution in [0.4, 0.5) is 0 Å². The van der Waals surface area contributed by atoms with Gasteiger partial charge in [0.1, 0.15) is 12.2 Å². The van der Waals surface area contributed by atoms with Crippen LogP contribution in [-0.4, -0.2) is 51.9 Å². The van der Waals surface area contributed by atoms with E-state index in [1.807, 2.05) is 35.5 Å². The van der Waals surface area contributed by atoms with Crippen molar-refractivity contribution in [2.24, 2.45) is 11.3 Å². The van der Waals surface area contributed by atoms with Crippen molar-refractivity contribution >= 4 is 17.5 Å². The van der Waals surface area contributed by atoms with Crippen LogP contribution in [0.25, 0.3) is 0 Å². The number of rotatable bonds is 5. The van der Waals surface area contributed by atoms with Crippen LogP contribution in [-0.2, 0) is 22.5 Å². The summed E-state index contributed by atoms with van der Waals surface area (Å²) in [4.78, 5) is 15.2. The number of hydrogen-bond acceptors (Lipinski definition) is 4. The van der Waals surface area contributed by atoms with Crippen molar-refractivity contribution in [3.05, 3.63) is 47.0 Å². The van der Waals surface area contributed by atoms with Crippen LogP contribution in [0.1, 0.15) is 43.0 Å². The van der Waals surface area contributed by atoms with Crippen LogP contribution in [0, 0.1) is 11.3 Å². The van der Waals surface area contributed by atoms with Crippen LogP contribution in [0.5, 0.6) is 0 Å². The lowest BCUT2D eigenvalue weighted by atomic mass is 9.71. The van der Waals surface area contributed by atoms with E-state index in [2.05, 4.69) is 14.8 Å². The van der Waals surface area contributed by atoms with Gasteiger partial charge < -0.3 is 14.2 Å². The van der Waals surface area contributed by atoms with Gasteiger partial charge in [-0.05, 0) is 43.2 Å². The number of nitrogens with zero attached hydrogens (tertiary/aromatic N) is 4. The third kappa shape index (κ3) is 3.80. The van der Waals surface area contributed by atoms with Crippen molar-refractivity contribution in [1.29, 1.82) is 0 Å². The third-order valence-electron chi connectivity index (χ3n) is 6.90. The second kappa shape index (κ2) is 7.73. The second-order valence-corrected chi connectivity index (χ2v) is 9.26. The number of likely N-dealkylation sites (tertiary alicyclic amines) is 1. The molecule has 0 N–H and O–H groups in total. The highest BCUT2D eigenvalue weighted by atomic mass is 35.5. The molecule has 1 aliphatic carbocycles. The summed E-state index contributed by atoms with van der Waals surface area (Å²) < 4.78 is 7.91. The molecule has 7 heteroatoms. The molecule has 5 rings (SSSR count). The van der Waals surface area contributed by atoms with E-state index < -0.39 is 0 Å². The molecule has 29 heavy (non-hydrogen) atoms. The molecule has 1 amide bonds. The van der Waals surface area contributed by atoms with E-state index in [0.717, 1.165) is 56.5 Å². The minimum absolute atomic E-state index is 0.0305. The fourth-order valence-corrected chi connectivity index (χ4v) is 5.17. The number of ether oxygens (including phenoxy) is 1. The van der Waals surface area contributed by atoms with Crippen LogP contribution in [0.15, 0.2) is 30.6 Å². The Hall–Kier alpha value is -1.92. The van der Waals surface area contributed by atoms with Crippen molar-refractivity contribution in [2.45, 2.75) is 44.6 Å². The van der Waals surface area contributed by atoms with Crippen molar-refractivity contribution in [2.75, 3.05) is 26.3 Å². The molecule has 0 bridgehead atoms. The Morgan fingerprint density at radius 1 is 1.24 bits per heavy atom. The van der Waals surface area contributed by atoms with E-state index in [1.165, 1.54) is 12.8 Å². The topological polar surface area (TPSA) is 60.2 Å². The highest BCUT2D eigenvalue weighted by molar-refractivity contribution is 6.31. The molecule has 3 aliphatic rings. The first-order valence-electron chi connectivity index (χ1n) is 10.6. The quantitative estimate of drug-likeness (QED) is 0.753. The molecule has 1 saturated carbocycles. The molecule has 2 saturated heterocycles. The first kappa shape index (κ1) is 19.1. The Balaban J connectivity index is 1.39. The van der Waals surface area contributed by atoms with Gasteiger partial charge >= 0.3 is 0 Å². The van der Waals surface area contributed by atoms with Gasteiger partial charge in [-0.1, -0.05) is 29.8 Å². The fraction of sp³-hybridized carbons (Fsp3) is 0.591. The van der Waals surface area contributed by atoms with E-state index in [4.69, 9.17) is 16.3 Å². The van der Waals surface area contributed by atoms with Gasteiger partial charge in [0.15, 0.2) is 0 Å². The van der Waals surface area contributed by atoms with Gasteiger partial charge in [0, 0.05) is 49.2 Å². The molecule has 3 heterocycles. The van der Waals surface area contributed by atoms with Crippen LogP contribution in [0.3, 0.4) is 0 Å². The number of carbonyl (C=O) groups excluding carboxylic acids is 1. The van der Waals surface area contributed by atoms with Gasteiger partial charge in [-0.15, -0.1) is 10.2 Å². The number of carbonyl (C=O) groups is 1. The number of hydrogen-bond donors (Lipinski definition) is 0. The summed E-state index contributed by atoms with van der Waals surface area (Å²) in [7, 11) is 0. The molecule has 1 unspecified atom stereocenters. The van der Waals surface area contributed by atoms with E-state index in [0.29, 0.717) is 18.0 Å². The lowest BCUT2D eigenvalue weighted by molar-refractivity contribution is -0.130. The predicted octanol–water partition coefficient (Wildman–Crippen LogP) is 3.31. The maximum Gasteiger partial charge on any atom is 0.227 e. The molecule has 1 aromatic carbocycles. The summed E-state index contributed by atoms with van der Waals surface area (Å²) in [6.45, 7) is 3.96. The standard InChI is InChI=1S/C22H27ClN4O2/c23-19-4-2-1-3-17(19)11-20(28)26-13-18(22(14-26)7-9-29-10-8-22)21-25-24-15-27(21)12-16-5-6-16/h1-4,15-16,18H,5-14H2. The predicted molar refractivity (Wildman–Crippen MR) is 110 cm³/mol. The van der Waals surface area contributed by atoms with Gasteiger partial charge in [0.05, 0.1) is 6.42 Å². The van der Waals surface area contributed by atoms with E-state index >= 15 is 0 Å². The largest absolute Gasteiger partial charge is 0.381 e. The average Bonchev–Trinajstić information content (AvgIpc) is 3.31. The van der Waals surface area contributed by atoms with Crippen LogP contribution in [0.2, 0.25) is 5.02 Å². The SMILES string of the molecule is O=C(Cc1ccccc1Cl)N1CC(c2nncn2CC2CC2)C2(CCOCC2)C1. The maximum absolute atomic E-state index is 13.2. The maximum atomic E-state index is 13.2. The van der Waals surface area contributed by atoms with Gasteiger partial charge in [-0.2, -0.15) is 0 Å². The number of halogens is 1.